The molecule has 2 aliphatic carbocycles. The van der Waals surface area contributed by atoms with Crippen molar-refractivity contribution in [2.24, 2.45) is 16.8 Å². The van der Waals surface area contributed by atoms with Crippen LogP contribution in [0.1, 0.15) is 64.2 Å². The molecule has 2 saturated carbocycles. The summed E-state index contributed by atoms with van der Waals surface area (Å²) in [6.07, 6.45) is 10.3. The highest BCUT2D eigenvalue weighted by molar-refractivity contribution is 5.94. The molecule has 0 unspecified atom stereocenters. The van der Waals surface area contributed by atoms with E-state index >= 15 is 0 Å². The lowest BCUT2D eigenvalue weighted by atomic mass is 9.92. The summed E-state index contributed by atoms with van der Waals surface area (Å²) in [6, 6.07) is 0. The molecule has 1 amide bonds. The van der Waals surface area contributed by atoms with Crippen LogP contribution in [-0.4, -0.2) is 22.5 Å². The summed E-state index contributed by atoms with van der Waals surface area (Å²) >= 11 is 0. The molecule has 2 fully saturated rings. The van der Waals surface area contributed by atoms with E-state index in [4.69, 9.17) is 10.9 Å². The topological polar surface area (TPSA) is 87.7 Å². The number of hydrogen-bond donors (Lipinski definition) is 3. The van der Waals surface area contributed by atoms with Crippen molar-refractivity contribution in [2.45, 2.75) is 69.7 Å². The first-order valence-corrected chi connectivity index (χ1v) is 7.48. The summed E-state index contributed by atoms with van der Waals surface area (Å²) in [4.78, 5) is 12.4. The Morgan fingerprint density at radius 1 is 1.11 bits per heavy atom. The zero-order chi connectivity index (χ0) is 13.7. The highest BCUT2D eigenvalue weighted by Gasteiger charge is 2.40. The minimum Gasteiger partial charge on any atom is -0.409 e. The van der Waals surface area contributed by atoms with Gasteiger partial charge in [-0.2, -0.15) is 0 Å². The first kappa shape index (κ1) is 14.2. The fraction of sp³-hybridized carbons (Fsp3) is 0.857. The number of carbonyl (C=O) groups is 1. The number of rotatable bonds is 3. The second-order valence-electron chi connectivity index (χ2n) is 5.95. The number of amides is 1. The molecule has 2 rings (SSSR count). The highest BCUT2D eigenvalue weighted by Crippen LogP contribution is 2.31. The fourth-order valence-electron chi connectivity index (χ4n) is 3.40. The van der Waals surface area contributed by atoms with Gasteiger partial charge in [0.15, 0.2) is 5.84 Å². The number of amidine groups is 1. The third kappa shape index (κ3) is 3.19. The van der Waals surface area contributed by atoms with Crippen molar-refractivity contribution in [3.05, 3.63) is 0 Å². The van der Waals surface area contributed by atoms with Crippen molar-refractivity contribution >= 4 is 11.7 Å². The van der Waals surface area contributed by atoms with Crippen LogP contribution in [0.3, 0.4) is 0 Å². The van der Waals surface area contributed by atoms with E-state index in [0.29, 0.717) is 0 Å². The van der Waals surface area contributed by atoms with E-state index in [1.165, 1.54) is 12.8 Å². The SMILES string of the molecule is NC(=NO)C1(NC(=O)C2CCCCCC2)CCCC1. The standard InChI is InChI=1S/C14H25N3O2/c15-13(17-19)14(9-5-6-10-14)16-12(18)11-7-3-1-2-4-8-11/h11,19H,1-10H2,(H2,15,17)(H,16,18). The zero-order valence-corrected chi connectivity index (χ0v) is 11.5. The quantitative estimate of drug-likeness (QED) is 0.241. The van der Waals surface area contributed by atoms with Crippen molar-refractivity contribution in [2.75, 3.05) is 0 Å². The Bertz CT molecular complexity index is 341. The molecule has 0 aliphatic heterocycles. The smallest absolute Gasteiger partial charge is 0.223 e. The molecule has 2 aliphatic rings. The summed E-state index contributed by atoms with van der Waals surface area (Å²) in [5, 5.41) is 15.2. The van der Waals surface area contributed by atoms with Crippen molar-refractivity contribution in [1.82, 2.24) is 5.32 Å². The minimum atomic E-state index is -0.599. The lowest BCUT2D eigenvalue weighted by Crippen LogP contribution is -2.57. The van der Waals surface area contributed by atoms with Gasteiger partial charge in [-0.05, 0) is 25.7 Å². The van der Waals surface area contributed by atoms with Gasteiger partial charge in [0.1, 0.15) is 5.54 Å². The van der Waals surface area contributed by atoms with Gasteiger partial charge in [0.05, 0.1) is 0 Å². The molecule has 5 heteroatoms. The molecule has 0 radical (unpaired) electrons. The van der Waals surface area contributed by atoms with Gasteiger partial charge in [-0.25, -0.2) is 0 Å². The molecule has 0 aromatic heterocycles. The lowest BCUT2D eigenvalue weighted by Gasteiger charge is -2.30. The van der Waals surface area contributed by atoms with E-state index in [0.717, 1.165) is 51.4 Å². The van der Waals surface area contributed by atoms with Gasteiger partial charge >= 0.3 is 0 Å². The molecule has 0 heterocycles. The lowest BCUT2D eigenvalue weighted by molar-refractivity contribution is -0.126. The molecule has 0 atom stereocenters. The fourth-order valence-corrected chi connectivity index (χ4v) is 3.40. The molecule has 0 aromatic rings. The zero-order valence-electron chi connectivity index (χ0n) is 11.5. The number of hydrogen-bond acceptors (Lipinski definition) is 3. The van der Waals surface area contributed by atoms with E-state index in [2.05, 4.69) is 10.5 Å². The van der Waals surface area contributed by atoms with Crippen LogP contribution in [0.2, 0.25) is 0 Å². The van der Waals surface area contributed by atoms with Gasteiger partial charge in [-0.1, -0.05) is 43.7 Å². The molecular weight excluding hydrogens is 242 g/mol. The van der Waals surface area contributed by atoms with Crippen LogP contribution in [0.4, 0.5) is 0 Å². The maximum atomic E-state index is 12.4. The van der Waals surface area contributed by atoms with E-state index in [9.17, 15) is 4.79 Å². The molecule has 5 nitrogen and oxygen atoms in total. The molecule has 108 valence electrons. The molecule has 0 aromatic carbocycles. The first-order valence-electron chi connectivity index (χ1n) is 7.48. The maximum Gasteiger partial charge on any atom is 0.223 e. The third-order valence-corrected chi connectivity index (χ3v) is 4.64. The Hall–Kier alpha value is -1.26. The van der Waals surface area contributed by atoms with Gasteiger partial charge in [0.2, 0.25) is 5.91 Å². The van der Waals surface area contributed by atoms with Crippen LogP contribution < -0.4 is 11.1 Å². The second-order valence-corrected chi connectivity index (χ2v) is 5.95. The highest BCUT2D eigenvalue weighted by atomic mass is 16.4. The minimum absolute atomic E-state index is 0.0930. The normalized spacial score (nSPS) is 24.9. The average molecular weight is 267 g/mol. The van der Waals surface area contributed by atoms with Crippen LogP contribution in [-0.2, 0) is 4.79 Å². The molecule has 19 heavy (non-hydrogen) atoms. The molecule has 0 bridgehead atoms. The van der Waals surface area contributed by atoms with E-state index in [1.807, 2.05) is 0 Å². The third-order valence-electron chi connectivity index (χ3n) is 4.64. The molecule has 4 N–H and O–H groups in total. The Labute approximate surface area is 114 Å². The number of nitrogens with zero attached hydrogens (tertiary/aromatic N) is 1. The molecular formula is C14H25N3O2. The summed E-state index contributed by atoms with van der Waals surface area (Å²) in [6.45, 7) is 0. The summed E-state index contributed by atoms with van der Waals surface area (Å²) in [7, 11) is 0. The summed E-state index contributed by atoms with van der Waals surface area (Å²) in [5.74, 6) is 0.355. The van der Waals surface area contributed by atoms with Crippen LogP contribution in [0.5, 0.6) is 0 Å². The van der Waals surface area contributed by atoms with Crippen molar-refractivity contribution in [3.63, 3.8) is 0 Å². The number of nitrogens with two attached hydrogens (primary N) is 1. The summed E-state index contributed by atoms with van der Waals surface area (Å²) < 4.78 is 0. The van der Waals surface area contributed by atoms with E-state index in [-0.39, 0.29) is 17.7 Å². The molecule has 0 saturated heterocycles. The van der Waals surface area contributed by atoms with Gasteiger partial charge < -0.3 is 16.3 Å². The van der Waals surface area contributed by atoms with Gasteiger partial charge in [-0.15, -0.1) is 0 Å². The van der Waals surface area contributed by atoms with Crippen molar-refractivity contribution in [1.29, 1.82) is 0 Å². The van der Waals surface area contributed by atoms with Crippen molar-refractivity contribution < 1.29 is 10.0 Å². The monoisotopic (exact) mass is 267 g/mol. The summed E-state index contributed by atoms with van der Waals surface area (Å²) in [5.41, 5.74) is 5.21. The Kier molecular flexibility index (Phi) is 4.66. The van der Waals surface area contributed by atoms with Crippen LogP contribution in [0, 0.1) is 5.92 Å². The Morgan fingerprint density at radius 3 is 2.21 bits per heavy atom. The van der Waals surface area contributed by atoms with Gasteiger partial charge in [0.25, 0.3) is 0 Å². The average Bonchev–Trinajstić information content (AvgIpc) is 2.73. The predicted molar refractivity (Wildman–Crippen MR) is 73.9 cm³/mol. The molecule has 0 spiro atoms. The maximum absolute atomic E-state index is 12.4. The van der Waals surface area contributed by atoms with Gasteiger partial charge in [-0.3, -0.25) is 4.79 Å². The van der Waals surface area contributed by atoms with Crippen molar-refractivity contribution in [3.8, 4) is 0 Å². The Morgan fingerprint density at radius 2 is 1.68 bits per heavy atom. The number of carbonyl (C=O) groups excluding carboxylic acids is 1. The van der Waals surface area contributed by atoms with Crippen LogP contribution in [0.25, 0.3) is 0 Å². The van der Waals surface area contributed by atoms with Gasteiger partial charge in [0, 0.05) is 5.92 Å². The first-order chi connectivity index (χ1) is 9.18. The second kappa shape index (κ2) is 6.26. The predicted octanol–water partition coefficient (Wildman–Crippen LogP) is 2.13. The Balaban J connectivity index is 2.02. The largest absolute Gasteiger partial charge is 0.409 e. The number of nitrogens with one attached hydrogen (secondary N) is 1. The van der Waals surface area contributed by atoms with E-state index in [1.54, 1.807) is 0 Å². The number of oxime groups is 1. The van der Waals surface area contributed by atoms with Crippen LogP contribution in [0.15, 0.2) is 5.16 Å². The van der Waals surface area contributed by atoms with E-state index < -0.39 is 5.54 Å². The van der Waals surface area contributed by atoms with Crippen LogP contribution >= 0.6 is 0 Å².